The van der Waals surface area contributed by atoms with Gasteiger partial charge < -0.3 is 15.4 Å². The third kappa shape index (κ3) is 3.32. The summed E-state index contributed by atoms with van der Waals surface area (Å²) in [4.78, 5) is 23.4. The summed E-state index contributed by atoms with van der Waals surface area (Å²) in [5, 5.41) is 0.175. The Bertz CT molecular complexity index is 1450. The van der Waals surface area contributed by atoms with Crippen LogP contribution in [-0.4, -0.2) is 38.8 Å². The maximum Gasteiger partial charge on any atom is 0.416 e. The second-order valence-corrected chi connectivity index (χ2v) is 8.27. The van der Waals surface area contributed by atoms with E-state index in [9.17, 15) is 18.0 Å². The summed E-state index contributed by atoms with van der Waals surface area (Å²) >= 11 is 6.42. The molecule has 170 valence electrons. The fourth-order valence-electron chi connectivity index (χ4n) is 4.13. The second-order valence-electron chi connectivity index (χ2n) is 7.86. The first-order valence-electron chi connectivity index (χ1n) is 9.89. The standard InChI is InChI=1S/C22H17ClF3N5O2/c1-10-19-20(27)29-15-7-14(23)13(6-16(15)31(19)9-28-10)21(32)30(2)17-8-33-18-5-11(22(24,25)26)3-4-12(17)18/h3-7,9,17H,8H2,1-2H3,(H2,27,29)/t17-/m1/s1. The third-order valence-electron chi connectivity index (χ3n) is 5.87. The molecular formula is C22H17ClF3N5O2. The number of halogens is 4. The molecule has 4 aromatic rings. The normalized spacial score (nSPS) is 15.6. The van der Waals surface area contributed by atoms with Gasteiger partial charge in [0.15, 0.2) is 0 Å². The average Bonchev–Trinajstić information content (AvgIpc) is 3.35. The smallest absolute Gasteiger partial charge is 0.416 e. The van der Waals surface area contributed by atoms with Gasteiger partial charge in [0.25, 0.3) is 5.91 Å². The minimum atomic E-state index is -4.48. The van der Waals surface area contributed by atoms with Crippen LogP contribution in [0, 0.1) is 6.92 Å². The molecule has 2 aromatic carbocycles. The van der Waals surface area contributed by atoms with Crippen LogP contribution in [-0.2, 0) is 6.18 Å². The number of carbonyl (C=O) groups excluding carboxylic acids is 1. The first kappa shape index (κ1) is 21.3. The van der Waals surface area contributed by atoms with E-state index in [1.807, 2.05) is 0 Å². The first-order valence-corrected chi connectivity index (χ1v) is 10.3. The number of fused-ring (bicyclic) bond motifs is 4. The van der Waals surface area contributed by atoms with Crippen molar-refractivity contribution in [3.8, 4) is 5.75 Å². The Hall–Kier alpha value is -3.53. The van der Waals surface area contributed by atoms with E-state index in [4.69, 9.17) is 22.1 Å². The summed E-state index contributed by atoms with van der Waals surface area (Å²) in [6.07, 6.45) is -2.89. The molecule has 5 rings (SSSR count). The molecule has 0 fully saturated rings. The number of likely N-dealkylation sites (N-methyl/N-ethyl adjacent to an activating group) is 1. The summed E-state index contributed by atoms with van der Waals surface area (Å²) < 4.78 is 46.3. The number of hydrogen-bond donors (Lipinski definition) is 1. The van der Waals surface area contributed by atoms with Crippen molar-refractivity contribution in [2.24, 2.45) is 0 Å². The van der Waals surface area contributed by atoms with Crippen molar-refractivity contribution in [1.82, 2.24) is 19.3 Å². The van der Waals surface area contributed by atoms with Crippen LogP contribution in [0.3, 0.4) is 0 Å². The van der Waals surface area contributed by atoms with Crippen LogP contribution in [0.2, 0.25) is 5.02 Å². The van der Waals surface area contributed by atoms with Gasteiger partial charge in [-0.25, -0.2) is 9.97 Å². The summed E-state index contributed by atoms with van der Waals surface area (Å²) in [6, 6.07) is 5.87. The van der Waals surface area contributed by atoms with E-state index < -0.39 is 23.7 Å². The van der Waals surface area contributed by atoms with E-state index in [1.165, 1.54) is 11.0 Å². The van der Waals surface area contributed by atoms with Gasteiger partial charge in [0.1, 0.15) is 30.0 Å². The van der Waals surface area contributed by atoms with Crippen LogP contribution in [0.15, 0.2) is 36.7 Å². The number of imidazole rings is 1. The zero-order chi connectivity index (χ0) is 23.7. The van der Waals surface area contributed by atoms with E-state index in [1.54, 1.807) is 36.8 Å². The van der Waals surface area contributed by atoms with Crippen molar-refractivity contribution in [1.29, 1.82) is 0 Å². The Morgan fingerprint density at radius 1 is 1.30 bits per heavy atom. The molecule has 33 heavy (non-hydrogen) atoms. The van der Waals surface area contributed by atoms with E-state index in [0.29, 0.717) is 33.6 Å². The molecule has 0 saturated heterocycles. The van der Waals surface area contributed by atoms with Crippen LogP contribution < -0.4 is 10.5 Å². The van der Waals surface area contributed by atoms with Crippen LogP contribution in [0.25, 0.3) is 16.6 Å². The SMILES string of the molecule is Cc1ncn2c1c(N)nc1cc(Cl)c(C(=O)N(C)[C@@H]3COc4cc(C(F)(F)F)ccc43)cc12. The van der Waals surface area contributed by atoms with Gasteiger partial charge in [-0.2, -0.15) is 13.2 Å². The summed E-state index contributed by atoms with van der Waals surface area (Å²) in [5.41, 5.74) is 8.38. The van der Waals surface area contributed by atoms with E-state index >= 15 is 0 Å². The number of ether oxygens (including phenoxy) is 1. The lowest BCUT2D eigenvalue weighted by atomic mass is 10.0. The zero-order valence-corrected chi connectivity index (χ0v) is 18.2. The number of alkyl halides is 3. The number of aromatic nitrogens is 3. The quantitative estimate of drug-likeness (QED) is 0.456. The topological polar surface area (TPSA) is 85.8 Å². The van der Waals surface area contributed by atoms with Crippen molar-refractivity contribution in [2.45, 2.75) is 19.1 Å². The molecular weight excluding hydrogens is 459 g/mol. The fourth-order valence-corrected chi connectivity index (χ4v) is 4.37. The molecule has 3 heterocycles. The Morgan fingerprint density at radius 2 is 2.06 bits per heavy atom. The molecule has 0 aliphatic carbocycles. The summed E-state index contributed by atoms with van der Waals surface area (Å²) in [6.45, 7) is 1.84. The number of carbonyl (C=O) groups is 1. The van der Waals surface area contributed by atoms with Crippen molar-refractivity contribution in [2.75, 3.05) is 19.4 Å². The number of hydrogen-bond acceptors (Lipinski definition) is 5. The lowest BCUT2D eigenvalue weighted by Crippen LogP contribution is -2.32. The van der Waals surface area contributed by atoms with Gasteiger partial charge in [-0.05, 0) is 31.2 Å². The van der Waals surface area contributed by atoms with Crippen molar-refractivity contribution in [3.63, 3.8) is 0 Å². The van der Waals surface area contributed by atoms with E-state index in [2.05, 4.69) is 9.97 Å². The molecule has 0 unspecified atom stereocenters. The third-order valence-corrected chi connectivity index (χ3v) is 6.19. The first-order chi connectivity index (χ1) is 15.6. The number of benzene rings is 2. The van der Waals surface area contributed by atoms with Gasteiger partial charge >= 0.3 is 6.18 Å². The highest BCUT2D eigenvalue weighted by molar-refractivity contribution is 6.34. The van der Waals surface area contributed by atoms with Crippen molar-refractivity contribution in [3.05, 3.63) is 64.1 Å². The zero-order valence-electron chi connectivity index (χ0n) is 17.4. The predicted octanol–water partition coefficient (Wildman–Crippen LogP) is 4.65. The molecule has 1 aliphatic heterocycles. The molecule has 2 N–H and O–H groups in total. The number of nitrogens with two attached hydrogens (primary N) is 1. The molecule has 0 bridgehead atoms. The molecule has 2 aromatic heterocycles. The summed E-state index contributed by atoms with van der Waals surface area (Å²) in [7, 11) is 1.56. The van der Waals surface area contributed by atoms with Crippen LogP contribution in [0.1, 0.15) is 33.2 Å². The maximum atomic E-state index is 13.4. The minimum absolute atomic E-state index is 0.0349. The molecule has 1 aliphatic rings. The molecule has 1 amide bonds. The average molecular weight is 476 g/mol. The predicted molar refractivity (Wildman–Crippen MR) is 116 cm³/mol. The number of nitrogens with zero attached hydrogens (tertiary/aromatic N) is 4. The van der Waals surface area contributed by atoms with Gasteiger partial charge in [-0.15, -0.1) is 0 Å². The van der Waals surface area contributed by atoms with Gasteiger partial charge in [0.05, 0.1) is 38.9 Å². The number of amides is 1. The van der Waals surface area contributed by atoms with E-state index in [0.717, 1.165) is 12.1 Å². The number of nitrogen functional groups attached to an aromatic ring is 1. The number of aryl methyl sites for hydroxylation is 1. The molecule has 0 saturated carbocycles. The number of anilines is 1. The second kappa shape index (κ2) is 7.24. The molecule has 11 heteroatoms. The monoisotopic (exact) mass is 475 g/mol. The van der Waals surface area contributed by atoms with Crippen molar-refractivity contribution >= 4 is 39.9 Å². The largest absolute Gasteiger partial charge is 0.491 e. The minimum Gasteiger partial charge on any atom is -0.491 e. The Labute approximate surface area is 190 Å². The Kier molecular flexibility index (Phi) is 4.68. The highest BCUT2D eigenvalue weighted by Gasteiger charge is 2.36. The molecule has 7 nitrogen and oxygen atoms in total. The Balaban J connectivity index is 1.54. The van der Waals surface area contributed by atoms with E-state index in [-0.39, 0.29) is 22.9 Å². The van der Waals surface area contributed by atoms with Gasteiger partial charge in [-0.3, -0.25) is 9.20 Å². The Morgan fingerprint density at radius 3 is 2.79 bits per heavy atom. The van der Waals surface area contributed by atoms with Gasteiger partial charge in [0.2, 0.25) is 0 Å². The van der Waals surface area contributed by atoms with Crippen LogP contribution in [0.4, 0.5) is 19.0 Å². The highest BCUT2D eigenvalue weighted by atomic mass is 35.5. The maximum absolute atomic E-state index is 13.4. The molecule has 0 radical (unpaired) electrons. The van der Waals surface area contributed by atoms with Crippen LogP contribution in [0.5, 0.6) is 5.75 Å². The lowest BCUT2D eigenvalue weighted by Gasteiger charge is -2.24. The molecule has 0 spiro atoms. The number of rotatable bonds is 2. The van der Waals surface area contributed by atoms with Crippen LogP contribution >= 0.6 is 11.6 Å². The van der Waals surface area contributed by atoms with Crippen molar-refractivity contribution < 1.29 is 22.7 Å². The molecule has 1 atom stereocenters. The lowest BCUT2D eigenvalue weighted by molar-refractivity contribution is -0.137. The van der Waals surface area contributed by atoms with Gasteiger partial charge in [-0.1, -0.05) is 17.7 Å². The fraction of sp³-hybridized carbons (Fsp3) is 0.227. The van der Waals surface area contributed by atoms with Gasteiger partial charge in [0, 0.05) is 12.6 Å². The highest BCUT2D eigenvalue weighted by Crippen LogP contribution is 2.41. The summed E-state index contributed by atoms with van der Waals surface area (Å²) in [5.74, 6) is -0.0119.